The minimum absolute atomic E-state index is 0.964. The molecule has 2 aromatic rings. The molecule has 0 fully saturated rings. The molecule has 0 radical (unpaired) electrons. The maximum atomic E-state index is 5.50. The molecule has 0 aromatic heterocycles. The quantitative estimate of drug-likeness (QED) is 0.805. The van der Waals surface area contributed by atoms with E-state index in [-0.39, 0.29) is 0 Å². The van der Waals surface area contributed by atoms with Crippen molar-refractivity contribution in [2.24, 2.45) is 0 Å². The fourth-order valence-corrected chi connectivity index (χ4v) is 2.68. The lowest BCUT2D eigenvalue weighted by molar-refractivity contribution is 0.406. The molecule has 0 amide bonds. The van der Waals surface area contributed by atoms with Crippen molar-refractivity contribution >= 4 is 15.9 Å². The number of halogens is 1. The van der Waals surface area contributed by atoms with Crippen LogP contribution in [0, 0.1) is 6.92 Å². The monoisotopic (exact) mass is 304 g/mol. The van der Waals surface area contributed by atoms with Gasteiger partial charge in [-0.15, -0.1) is 0 Å². The Bertz CT molecular complexity index is 520. The summed E-state index contributed by atoms with van der Waals surface area (Å²) in [6.45, 7) is 2.13. The Kier molecular flexibility index (Phi) is 4.43. The van der Waals surface area contributed by atoms with Crippen LogP contribution in [-0.4, -0.2) is 7.11 Å². The Labute approximate surface area is 117 Å². The van der Waals surface area contributed by atoms with Gasteiger partial charge in [-0.1, -0.05) is 36.4 Å². The summed E-state index contributed by atoms with van der Waals surface area (Å²) in [6, 6.07) is 14.7. The molecule has 2 aromatic carbocycles. The zero-order chi connectivity index (χ0) is 13.0. The predicted octanol–water partition coefficient (Wildman–Crippen LogP) is 4.55. The van der Waals surface area contributed by atoms with Crippen LogP contribution in [0.4, 0.5) is 0 Å². The number of benzene rings is 2. The number of ether oxygens (including phenoxy) is 1. The smallest absolute Gasteiger partial charge is 0.136 e. The third-order valence-corrected chi connectivity index (χ3v) is 3.78. The second kappa shape index (κ2) is 6.05. The van der Waals surface area contributed by atoms with Crippen LogP contribution in [0.1, 0.15) is 16.7 Å². The average molecular weight is 305 g/mol. The summed E-state index contributed by atoms with van der Waals surface area (Å²) in [5, 5.41) is 0. The summed E-state index contributed by atoms with van der Waals surface area (Å²) >= 11 is 3.54. The van der Waals surface area contributed by atoms with E-state index in [9.17, 15) is 0 Å². The van der Waals surface area contributed by atoms with Crippen LogP contribution < -0.4 is 4.74 Å². The molecule has 94 valence electrons. The molecule has 0 aliphatic carbocycles. The fourth-order valence-electron chi connectivity index (χ4n) is 2.14. The van der Waals surface area contributed by atoms with Gasteiger partial charge in [0.25, 0.3) is 0 Å². The zero-order valence-corrected chi connectivity index (χ0v) is 12.3. The third-order valence-electron chi connectivity index (χ3n) is 3.16. The molecule has 0 spiro atoms. The second-order valence-electron chi connectivity index (χ2n) is 4.36. The standard InChI is InChI=1S/C16H17BrO/c1-12-8-11-15(17)16(18-2)14(12)10-9-13-6-4-3-5-7-13/h3-8,11H,9-10H2,1-2H3. The van der Waals surface area contributed by atoms with E-state index in [2.05, 4.69) is 59.3 Å². The number of aryl methyl sites for hydroxylation is 2. The minimum Gasteiger partial charge on any atom is -0.495 e. The molecule has 0 bridgehead atoms. The number of rotatable bonds is 4. The van der Waals surface area contributed by atoms with Crippen LogP contribution in [0.15, 0.2) is 46.9 Å². The van der Waals surface area contributed by atoms with E-state index in [1.165, 1.54) is 16.7 Å². The van der Waals surface area contributed by atoms with Gasteiger partial charge in [0.15, 0.2) is 0 Å². The van der Waals surface area contributed by atoms with Crippen molar-refractivity contribution in [2.45, 2.75) is 19.8 Å². The van der Waals surface area contributed by atoms with E-state index in [4.69, 9.17) is 4.74 Å². The average Bonchev–Trinajstić information content (AvgIpc) is 2.41. The van der Waals surface area contributed by atoms with Crippen LogP contribution in [0.25, 0.3) is 0 Å². The van der Waals surface area contributed by atoms with Crippen LogP contribution in [0.3, 0.4) is 0 Å². The molecule has 0 aliphatic heterocycles. The summed E-state index contributed by atoms with van der Waals surface area (Å²) in [7, 11) is 1.73. The van der Waals surface area contributed by atoms with E-state index in [0.29, 0.717) is 0 Å². The first kappa shape index (κ1) is 13.2. The molecule has 0 aliphatic rings. The molecule has 18 heavy (non-hydrogen) atoms. The minimum atomic E-state index is 0.964. The Hall–Kier alpha value is -1.28. The van der Waals surface area contributed by atoms with Crippen LogP contribution in [0.5, 0.6) is 5.75 Å². The van der Waals surface area contributed by atoms with Crippen molar-refractivity contribution in [3.63, 3.8) is 0 Å². The van der Waals surface area contributed by atoms with Gasteiger partial charge in [-0.05, 0) is 58.5 Å². The number of hydrogen-bond donors (Lipinski definition) is 0. The zero-order valence-electron chi connectivity index (χ0n) is 10.7. The van der Waals surface area contributed by atoms with Crippen molar-refractivity contribution in [3.8, 4) is 5.75 Å². The maximum Gasteiger partial charge on any atom is 0.136 e. The van der Waals surface area contributed by atoms with Crippen LogP contribution in [-0.2, 0) is 12.8 Å². The molecular formula is C16H17BrO. The Morgan fingerprint density at radius 3 is 2.39 bits per heavy atom. The first-order chi connectivity index (χ1) is 8.72. The highest BCUT2D eigenvalue weighted by atomic mass is 79.9. The SMILES string of the molecule is COc1c(Br)ccc(C)c1CCc1ccccc1. The Morgan fingerprint density at radius 2 is 1.72 bits per heavy atom. The molecule has 0 unspecified atom stereocenters. The molecular weight excluding hydrogens is 288 g/mol. The first-order valence-electron chi connectivity index (χ1n) is 6.08. The Morgan fingerprint density at radius 1 is 1.00 bits per heavy atom. The van der Waals surface area contributed by atoms with Crippen LogP contribution in [0.2, 0.25) is 0 Å². The van der Waals surface area contributed by atoms with Gasteiger partial charge < -0.3 is 4.74 Å². The first-order valence-corrected chi connectivity index (χ1v) is 6.87. The summed E-state index contributed by atoms with van der Waals surface area (Å²) in [5.41, 5.74) is 3.93. The van der Waals surface area contributed by atoms with Crippen molar-refractivity contribution in [1.82, 2.24) is 0 Å². The summed E-state index contributed by atoms with van der Waals surface area (Å²) < 4.78 is 6.53. The highest BCUT2D eigenvalue weighted by Gasteiger charge is 2.10. The van der Waals surface area contributed by atoms with Crippen molar-refractivity contribution in [2.75, 3.05) is 7.11 Å². The highest BCUT2D eigenvalue weighted by Crippen LogP contribution is 2.32. The van der Waals surface area contributed by atoms with Crippen molar-refractivity contribution in [1.29, 1.82) is 0 Å². The van der Waals surface area contributed by atoms with E-state index in [0.717, 1.165) is 23.1 Å². The largest absolute Gasteiger partial charge is 0.495 e. The lowest BCUT2D eigenvalue weighted by Crippen LogP contribution is -1.99. The molecule has 0 saturated heterocycles. The second-order valence-corrected chi connectivity index (χ2v) is 5.22. The van der Waals surface area contributed by atoms with Crippen molar-refractivity contribution in [3.05, 3.63) is 63.6 Å². The van der Waals surface area contributed by atoms with E-state index in [1.54, 1.807) is 7.11 Å². The molecule has 2 heteroatoms. The number of hydrogen-bond acceptors (Lipinski definition) is 1. The van der Waals surface area contributed by atoms with Gasteiger partial charge >= 0.3 is 0 Å². The predicted molar refractivity (Wildman–Crippen MR) is 79.3 cm³/mol. The third kappa shape index (κ3) is 2.94. The summed E-state index contributed by atoms with van der Waals surface area (Å²) in [5.74, 6) is 0.964. The molecule has 0 heterocycles. The molecule has 2 rings (SSSR count). The topological polar surface area (TPSA) is 9.23 Å². The van der Waals surface area contributed by atoms with Gasteiger partial charge in [0.2, 0.25) is 0 Å². The lowest BCUT2D eigenvalue weighted by atomic mass is 9.99. The normalized spacial score (nSPS) is 10.4. The molecule has 1 nitrogen and oxygen atoms in total. The highest BCUT2D eigenvalue weighted by molar-refractivity contribution is 9.10. The Balaban J connectivity index is 2.21. The molecule has 0 N–H and O–H groups in total. The van der Waals surface area contributed by atoms with Gasteiger partial charge in [0.1, 0.15) is 5.75 Å². The lowest BCUT2D eigenvalue weighted by Gasteiger charge is -2.13. The van der Waals surface area contributed by atoms with Gasteiger partial charge in [-0.3, -0.25) is 0 Å². The van der Waals surface area contributed by atoms with Crippen molar-refractivity contribution < 1.29 is 4.74 Å². The van der Waals surface area contributed by atoms with Gasteiger partial charge in [0, 0.05) is 0 Å². The van der Waals surface area contributed by atoms with Crippen LogP contribution >= 0.6 is 15.9 Å². The number of methoxy groups -OCH3 is 1. The maximum absolute atomic E-state index is 5.50. The van der Waals surface area contributed by atoms with E-state index >= 15 is 0 Å². The van der Waals surface area contributed by atoms with E-state index in [1.807, 2.05) is 6.07 Å². The van der Waals surface area contributed by atoms with E-state index < -0.39 is 0 Å². The fraction of sp³-hybridized carbons (Fsp3) is 0.250. The summed E-state index contributed by atoms with van der Waals surface area (Å²) in [6.07, 6.45) is 2.03. The van der Waals surface area contributed by atoms with Gasteiger partial charge in [-0.25, -0.2) is 0 Å². The van der Waals surface area contributed by atoms with Gasteiger partial charge in [-0.2, -0.15) is 0 Å². The molecule has 0 atom stereocenters. The molecule has 0 saturated carbocycles. The summed E-state index contributed by atoms with van der Waals surface area (Å²) in [4.78, 5) is 0. The van der Waals surface area contributed by atoms with Gasteiger partial charge in [0.05, 0.1) is 11.6 Å².